The minimum Gasteiger partial charge on any atom is -0.324 e. The summed E-state index contributed by atoms with van der Waals surface area (Å²) in [6.07, 6.45) is 3.35. The van der Waals surface area contributed by atoms with Gasteiger partial charge < -0.3 is 10.6 Å². The van der Waals surface area contributed by atoms with Gasteiger partial charge in [0.05, 0.1) is 17.8 Å². The van der Waals surface area contributed by atoms with Crippen molar-refractivity contribution >= 4 is 11.6 Å². The summed E-state index contributed by atoms with van der Waals surface area (Å²) in [6.45, 7) is 3.78. The number of carbonyl (C=O) groups is 1. The summed E-state index contributed by atoms with van der Waals surface area (Å²) in [6, 6.07) is 3.66. The number of rotatable bonds is 2. The van der Waals surface area contributed by atoms with E-state index in [0.29, 0.717) is 5.92 Å². The number of nitrogens with one attached hydrogen (secondary N) is 2. The smallest absolute Gasteiger partial charge is 0.229 e. The molecular formula is C11H15N3O. The van der Waals surface area contributed by atoms with Gasteiger partial charge in [-0.1, -0.05) is 6.92 Å². The van der Waals surface area contributed by atoms with E-state index in [1.54, 1.807) is 12.4 Å². The van der Waals surface area contributed by atoms with Crippen molar-refractivity contribution in [3.8, 4) is 0 Å². The molecule has 1 fully saturated rings. The van der Waals surface area contributed by atoms with Crippen LogP contribution in [0, 0.1) is 11.8 Å². The molecule has 2 rings (SSSR count). The molecule has 1 saturated heterocycles. The Labute approximate surface area is 89.1 Å². The molecule has 2 heterocycles. The third kappa shape index (κ3) is 2.33. The number of nitrogens with zero attached hydrogens (tertiary/aromatic N) is 1. The predicted octanol–water partition coefficient (Wildman–Crippen LogP) is 0.876. The van der Waals surface area contributed by atoms with Crippen LogP contribution in [0.4, 0.5) is 5.69 Å². The Morgan fingerprint density at radius 2 is 2.47 bits per heavy atom. The van der Waals surface area contributed by atoms with Gasteiger partial charge in [-0.3, -0.25) is 9.78 Å². The number of pyridine rings is 1. The maximum atomic E-state index is 11.8. The first-order valence-corrected chi connectivity index (χ1v) is 5.19. The summed E-state index contributed by atoms with van der Waals surface area (Å²) >= 11 is 0. The van der Waals surface area contributed by atoms with Crippen LogP contribution in [0.1, 0.15) is 6.92 Å². The lowest BCUT2D eigenvalue weighted by molar-refractivity contribution is -0.120. The number of aromatic nitrogens is 1. The van der Waals surface area contributed by atoms with Gasteiger partial charge >= 0.3 is 0 Å². The van der Waals surface area contributed by atoms with Crippen molar-refractivity contribution in [2.75, 3.05) is 18.4 Å². The first-order valence-electron chi connectivity index (χ1n) is 5.19. The molecule has 80 valence electrons. The van der Waals surface area contributed by atoms with Gasteiger partial charge in [-0.25, -0.2) is 0 Å². The highest BCUT2D eigenvalue weighted by molar-refractivity contribution is 5.92. The first-order chi connectivity index (χ1) is 7.27. The van der Waals surface area contributed by atoms with E-state index in [-0.39, 0.29) is 11.8 Å². The van der Waals surface area contributed by atoms with Crippen LogP contribution in [-0.2, 0) is 4.79 Å². The molecular weight excluding hydrogens is 190 g/mol. The summed E-state index contributed by atoms with van der Waals surface area (Å²) in [7, 11) is 0. The molecule has 2 N–H and O–H groups in total. The van der Waals surface area contributed by atoms with Gasteiger partial charge in [0.1, 0.15) is 0 Å². The van der Waals surface area contributed by atoms with Crippen molar-refractivity contribution in [2.24, 2.45) is 11.8 Å². The second-order valence-electron chi connectivity index (χ2n) is 3.97. The second kappa shape index (κ2) is 4.40. The van der Waals surface area contributed by atoms with E-state index in [2.05, 4.69) is 22.5 Å². The number of hydrogen-bond acceptors (Lipinski definition) is 3. The molecule has 0 spiro atoms. The van der Waals surface area contributed by atoms with E-state index in [4.69, 9.17) is 0 Å². The normalized spacial score (nSPS) is 25.1. The van der Waals surface area contributed by atoms with Crippen LogP contribution in [0.3, 0.4) is 0 Å². The minimum absolute atomic E-state index is 0.0743. The van der Waals surface area contributed by atoms with Crippen LogP contribution >= 0.6 is 0 Å². The molecule has 1 aliphatic heterocycles. The Hall–Kier alpha value is -1.42. The monoisotopic (exact) mass is 205 g/mol. The fourth-order valence-corrected chi connectivity index (χ4v) is 1.83. The van der Waals surface area contributed by atoms with Gasteiger partial charge in [0.15, 0.2) is 0 Å². The Bertz CT molecular complexity index is 339. The van der Waals surface area contributed by atoms with Gasteiger partial charge in [0.2, 0.25) is 5.91 Å². The van der Waals surface area contributed by atoms with Gasteiger partial charge in [-0.15, -0.1) is 0 Å². The highest BCUT2D eigenvalue weighted by atomic mass is 16.1. The third-order valence-corrected chi connectivity index (χ3v) is 2.78. The molecule has 4 heteroatoms. The van der Waals surface area contributed by atoms with E-state index in [9.17, 15) is 4.79 Å². The third-order valence-electron chi connectivity index (χ3n) is 2.78. The van der Waals surface area contributed by atoms with Gasteiger partial charge in [0, 0.05) is 12.7 Å². The van der Waals surface area contributed by atoms with E-state index in [1.165, 1.54) is 0 Å². The average molecular weight is 205 g/mol. The maximum Gasteiger partial charge on any atom is 0.229 e. The molecule has 0 saturated carbocycles. The molecule has 1 aliphatic rings. The van der Waals surface area contributed by atoms with Crippen molar-refractivity contribution < 1.29 is 4.79 Å². The highest BCUT2D eigenvalue weighted by Crippen LogP contribution is 2.17. The quantitative estimate of drug-likeness (QED) is 0.753. The largest absolute Gasteiger partial charge is 0.324 e. The van der Waals surface area contributed by atoms with Gasteiger partial charge in [-0.05, 0) is 24.6 Å². The zero-order chi connectivity index (χ0) is 10.7. The molecule has 0 radical (unpaired) electrons. The van der Waals surface area contributed by atoms with Crippen molar-refractivity contribution in [1.29, 1.82) is 0 Å². The summed E-state index contributed by atoms with van der Waals surface area (Å²) in [5, 5.41) is 6.09. The van der Waals surface area contributed by atoms with E-state index >= 15 is 0 Å². The van der Waals surface area contributed by atoms with E-state index in [0.717, 1.165) is 18.8 Å². The lowest BCUT2D eigenvalue weighted by Gasteiger charge is -2.13. The van der Waals surface area contributed by atoms with Crippen LogP contribution in [0.2, 0.25) is 0 Å². The van der Waals surface area contributed by atoms with Crippen molar-refractivity contribution in [3.63, 3.8) is 0 Å². The van der Waals surface area contributed by atoms with Crippen LogP contribution in [0.15, 0.2) is 24.5 Å². The van der Waals surface area contributed by atoms with Crippen molar-refractivity contribution in [3.05, 3.63) is 24.5 Å². The SMILES string of the molecule is C[C@@H]1CNC[C@H]1C(=O)Nc1cccnc1. The molecule has 2 atom stereocenters. The average Bonchev–Trinajstić information content (AvgIpc) is 2.66. The lowest BCUT2D eigenvalue weighted by atomic mass is 9.97. The summed E-state index contributed by atoms with van der Waals surface area (Å²) in [5.74, 6) is 0.562. The molecule has 15 heavy (non-hydrogen) atoms. The summed E-state index contributed by atoms with van der Waals surface area (Å²) in [4.78, 5) is 15.8. The maximum absolute atomic E-state index is 11.8. The molecule has 1 aromatic heterocycles. The predicted molar refractivity (Wildman–Crippen MR) is 58.4 cm³/mol. The van der Waals surface area contributed by atoms with Crippen molar-refractivity contribution in [2.45, 2.75) is 6.92 Å². The zero-order valence-corrected chi connectivity index (χ0v) is 8.73. The van der Waals surface area contributed by atoms with E-state index in [1.807, 2.05) is 12.1 Å². The topological polar surface area (TPSA) is 54.0 Å². The molecule has 4 nitrogen and oxygen atoms in total. The molecule has 0 bridgehead atoms. The fourth-order valence-electron chi connectivity index (χ4n) is 1.83. The standard InChI is InChI=1S/C11H15N3O/c1-8-5-13-7-10(8)11(15)14-9-3-2-4-12-6-9/h2-4,6,8,10,13H,5,7H2,1H3,(H,14,15)/t8-,10-/m1/s1. The second-order valence-corrected chi connectivity index (χ2v) is 3.97. The number of carbonyl (C=O) groups excluding carboxylic acids is 1. The van der Waals surface area contributed by atoms with Crippen LogP contribution in [-0.4, -0.2) is 24.0 Å². The summed E-state index contributed by atoms with van der Waals surface area (Å²) < 4.78 is 0. The molecule has 1 amide bonds. The zero-order valence-electron chi connectivity index (χ0n) is 8.73. The number of amides is 1. The molecule has 0 unspecified atom stereocenters. The summed E-state index contributed by atoms with van der Waals surface area (Å²) in [5.41, 5.74) is 0.765. The van der Waals surface area contributed by atoms with Crippen LogP contribution in [0.5, 0.6) is 0 Å². The fraction of sp³-hybridized carbons (Fsp3) is 0.455. The van der Waals surface area contributed by atoms with Crippen molar-refractivity contribution in [1.82, 2.24) is 10.3 Å². The Balaban J connectivity index is 1.98. The van der Waals surface area contributed by atoms with Gasteiger partial charge in [-0.2, -0.15) is 0 Å². The molecule has 0 aliphatic carbocycles. The van der Waals surface area contributed by atoms with E-state index < -0.39 is 0 Å². The molecule has 0 aromatic carbocycles. The molecule has 1 aromatic rings. The van der Waals surface area contributed by atoms with Crippen LogP contribution < -0.4 is 10.6 Å². The first kappa shape index (κ1) is 10.1. The Morgan fingerprint density at radius 1 is 1.60 bits per heavy atom. The lowest BCUT2D eigenvalue weighted by Crippen LogP contribution is -2.27. The minimum atomic E-state index is 0.0743. The Morgan fingerprint density at radius 3 is 3.07 bits per heavy atom. The highest BCUT2D eigenvalue weighted by Gasteiger charge is 2.29. The van der Waals surface area contributed by atoms with Crippen LogP contribution in [0.25, 0.3) is 0 Å². The Kier molecular flexibility index (Phi) is 2.97. The number of hydrogen-bond donors (Lipinski definition) is 2. The number of anilines is 1. The van der Waals surface area contributed by atoms with Gasteiger partial charge in [0.25, 0.3) is 0 Å².